The number of nitrogens with one attached hydrogen (secondary N) is 1. The van der Waals surface area contributed by atoms with Crippen molar-refractivity contribution in [1.82, 2.24) is 19.5 Å². The van der Waals surface area contributed by atoms with Gasteiger partial charge in [-0.05, 0) is 37.6 Å². The van der Waals surface area contributed by atoms with Crippen LogP contribution in [0.1, 0.15) is 24.1 Å². The maximum absolute atomic E-state index is 4.65. The number of imidazole rings is 1. The lowest BCUT2D eigenvalue weighted by Gasteiger charge is -2.15. The Bertz CT molecular complexity index is 1000. The fraction of sp³-hybridized carbons (Fsp3) is 0.150. The van der Waals surface area contributed by atoms with Gasteiger partial charge in [-0.1, -0.05) is 42.0 Å². The molecule has 0 unspecified atom stereocenters. The van der Waals surface area contributed by atoms with Crippen molar-refractivity contribution in [3.8, 4) is 5.82 Å². The van der Waals surface area contributed by atoms with Gasteiger partial charge in [0.1, 0.15) is 12.1 Å². The van der Waals surface area contributed by atoms with Gasteiger partial charge in [0.05, 0.1) is 17.1 Å². The van der Waals surface area contributed by atoms with Crippen LogP contribution in [0.15, 0.2) is 67.1 Å². The van der Waals surface area contributed by atoms with Crippen molar-refractivity contribution in [1.29, 1.82) is 0 Å². The number of aryl methyl sites for hydroxylation is 1. The maximum atomic E-state index is 4.65. The molecule has 0 aliphatic rings. The van der Waals surface area contributed by atoms with E-state index in [0.29, 0.717) is 5.95 Å². The Labute approximate surface area is 146 Å². The summed E-state index contributed by atoms with van der Waals surface area (Å²) in [4.78, 5) is 13.4. The summed E-state index contributed by atoms with van der Waals surface area (Å²) in [6.45, 7) is 4.19. The molecular formula is C20H19N5. The highest BCUT2D eigenvalue weighted by atomic mass is 15.2. The first kappa shape index (κ1) is 15.3. The summed E-state index contributed by atoms with van der Waals surface area (Å²) < 4.78 is 1.97. The van der Waals surface area contributed by atoms with Gasteiger partial charge >= 0.3 is 0 Å². The number of aromatic nitrogens is 4. The highest BCUT2D eigenvalue weighted by Crippen LogP contribution is 2.20. The molecule has 1 N–H and O–H groups in total. The number of para-hydroxylation sites is 2. The first-order valence-corrected chi connectivity index (χ1v) is 8.29. The normalized spacial score (nSPS) is 12.2. The van der Waals surface area contributed by atoms with Crippen LogP contribution in [0, 0.1) is 6.92 Å². The van der Waals surface area contributed by atoms with Crippen molar-refractivity contribution < 1.29 is 0 Å². The number of nitrogens with zero attached hydrogens (tertiary/aromatic N) is 4. The van der Waals surface area contributed by atoms with Crippen LogP contribution in [0.3, 0.4) is 0 Å². The standard InChI is InChI=1S/C20H19N5/c1-14-7-9-16(10-8-14)15(2)23-20-21-12-11-19(24-20)25-13-22-17-5-3-4-6-18(17)25/h3-13,15H,1-2H3,(H,21,23,24)/t15-/m0/s1. The number of anilines is 1. The molecule has 2 heterocycles. The molecule has 2 aromatic heterocycles. The minimum Gasteiger partial charge on any atom is -0.348 e. The van der Waals surface area contributed by atoms with Gasteiger partial charge in [0.25, 0.3) is 0 Å². The Morgan fingerprint density at radius 3 is 2.60 bits per heavy atom. The van der Waals surface area contributed by atoms with Crippen LogP contribution in [0.5, 0.6) is 0 Å². The third-order valence-electron chi connectivity index (χ3n) is 4.26. The quantitative estimate of drug-likeness (QED) is 0.606. The maximum Gasteiger partial charge on any atom is 0.225 e. The lowest BCUT2D eigenvalue weighted by Crippen LogP contribution is -2.10. The summed E-state index contributed by atoms with van der Waals surface area (Å²) in [6.07, 6.45) is 3.56. The van der Waals surface area contributed by atoms with Gasteiger partial charge in [-0.25, -0.2) is 9.97 Å². The van der Waals surface area contributed by atoms with E-state index in [1.54, 1.807) is 12.5 Å². The third-order valence-corrected chi connectivity index (χ3v) is 4.26. The second-order valence-corrected chi connectivity index (χ2v) is 6.12. The minimum absolute atomic E-state index is 0.121. The number of fused-ring (bicyclic) bond motifs is 1. The number of rotatable bonds is 4. The van der Waals surface area contributed by atoms with E-state index in [4.69, 9.17) is 0 Å². The van der Waals surface area contributed by atoms with Crippen molar-refractivity contribution in [3.63, 3.8) is 0 Å². The van der Waals surface area contributed by atoms with E-state index in [-0.39, 0.29) is 6.04 Å². The highest BCUT2D eigenvalue weighted by molar-refractivity contribution is 5.76. The van der Waals surface area contributed by atoms with E-state index in [2.05, 4.69) is 58.4 Å². The number of hydrogen-bond donors (Lipinski definition) is 1. The molecule has 25 heavy (non-hydrogen) atoms. The monoisotopic (exact) mass is 329 g/mol. The molecule has 0 fully saturated rings. The van der Waals surface area contributed by atoms with Crippen LogP contribution in [-0.4, -0.2) is 19.5 Å². The molecule has 0 aliphatic heterocycles. The van der Waals surface area contributed by atoms with Crippen molar-refractivity contribution in [2.24, 2.45) is 0 Å². The van der Waals surface area contributed by atoms with Gasteiger partial charge < -0.3 is 5.32 Å². The second-order valence-electron chi connectivity index (χ2n) is 6.12. The van der Waals surface area contributed by atoms with Gasteiger partial charge in [-0.2, -0.15) is 4.98 Å². The van der Waals surface area contributed by atoms with E-state index < -0.39 is 0 Å². The van der Waals surface area contributed by atoms with E-state index in [0.717, 1.165) is 16.9 Å². The molecule has 0 amide bonds. The second kappa shape index (κ2) is 6.36. The van der Waals surface area contributed by atoms with Crippen LogP contribution in [0.4, 0.5) is 5.95 Å². The highest BCUT2D eigenvalue weighted by Gasteiger charge is 2.09. The molecule has 0 spiro atoms. The predicted molar refractivity (Wildman–Crippen MR) is 99.9 cm³/mol. The van der Waals surface area contributed by atoms with E-state index in [9.17, 15) is 0 Å². The fourth-order valence-electron chi connectivity index (χ4n) is 2.83. The molecule has 1 atom stereocenters. The topological polar surface area (TPSA) is 55.6 Å². The zero-order valence-electron chi connectivity index (χ0n) is 14.2. The summed E-state index contributed by atoms with van der Waals surface area (Å²) in [5, 5.41) is 3.37. The lowest BCUT2D eigenvalue weighted by molar-refractivity contribution is 0.853. The molecule has 0 radical (unpaired) electrons. The van der Waals surface area contributed by atoms with Crippen LogP contribution in [0.25, 0.3) is 16.9 Å². The molecule has 0 saturated heterocycles. The molecule has 5 nitrogen and oxygen atoms in total. The fourth-order valence-corrected chi connectivity index (χ4v) is 2.83. The van der Waals surface area contributed by atoms with Crippen LogP contribution >= 0.6 is 0 Å². The third kappa shape index (κ3) is 3.08. The first-order valence-electron chi connectivity index (χ1n) is 8.29. The van der Waals surface area contributed by atoms with Gasteiger partial charge in [0, 0.05) is 6.20 Å². The van der Waals surface area contributed by atoms with Crippen LogP contribution in [-0.2, 0) is 0 Å². The van der Waals surface area contributed by atoms with E-state index in [1.807, 2.05) is 34.9 Å². The number of benzene rings is 2. The Kier molecular flexibility index (Phi) is 3.90. The Morgan fingerprint density at radius 1 is 0.960 bits per heavy atom. The van der Waals surface area contributed by atoms with Crippen molar-refractivity contribution in [3.05, 3.63) is 78.2 Å². The molecule has 124 valence electrons. The lowest BCUT2D eigenvalue weighted by atomic mass is 10.1. The SMILES string of the molecule is Cc1ccc([C@H](C)Nc2nccc(-n3cnc4ccccc43)n2)cc1. The molecule has 0 bridgehead atoms. The molecule has 4 rings (SSSR count). The average Bonchev–Trinajstić information content (AvgIpc) is 3.06. The summed E-state index contributed by atoms with van der Waals surface area (Å²) in [7, 11) is 0. The summed E-state index contributed by atoms with van der Waals surface area (Å²) in [6, 6.07) is 18.5. The molecule has 0 saturated carbocycles. The van der Waals surface area contributed by atoms with Gasteiger partial charge in [0.2, 0.25) is 5.95 Å². The van der Waals surface area contributed by atoms with Gasteiger partial charge in [-0.15, -0.1) is 0 Å². The van der Waals surface area contributed by atoms with Crippen LogP contribution < -0.4 is 5.32 Å². The zero-order valence-corrected chi connectivity index (χ0v) is 14.2. The molecule has 2 aromatic carbocycles. The predicted octanol–water partition coefficient (Wildman–Crippen LogP) is 4.30. The van der Waals surface area contributed by atoms with E-state index in [1.165, 1.54) is 11.1 Å². The summed E-state index contributed by atoms with van der Waals surface area (Å²) in [5.41, 5.74) is 4.43. The minimum atomic E-state index is 0.121. The zero-order chi connectivity index (χ0) is 17.2. The molecular weight excluding hydrogens is 310 g/mol. The molecule has 4 aromatic rings. The largest absolute Gasteiger partial charge is 0.348 e. The summed E-state index contributed by atoms with van der Waals surface area (Å²) in [5.74, 6) is 1.39. The van der Waals surface area contributed by atoms with Crippen molar-refractivity contribution in [2.45, 2.75) is 19.9 Å². The average molecular weight is 329 g/mol. The van der Waals surface area contributed by atoms with E-state index >= 15 is 0 Å². The molecule has 0 aliphatic carbocycles. The Balaban J connectivity index is 1.62. The van der Waals surface area contributed by atoms with Crippen molar-refractivity contribution >= 4 is 17.0 Å². The smallest absolute Gasteiger partial charge is 0.225 e. The van der Waals surface area contributed by atoms with Crippen LogP contribution in [0.2, 0.25) is 0 Å². The molecule has 5 heteroatoms. The van der Waals surface area contributed by atoms with Gasteiger partial charge in [-0.3, -0.25) is 4.57 Å². The Morgan fingerprint density at radius 2 is 1.76 bits per heavy atom. The van der Waals surface area contributed by atoms with Crippen molar-refractivity contribution in [2.75, 3.05) is 5.32 Å². The first-order chi connectivity index (χ1) is 12.2. The summed E-state index contributed by atoms with van der Waals surface area (Å²) >= 11 is 0. The van der Waals surface area contributed by atoms with Gasteiger partial charge in [0.15, 0.2) is 0 Å². The Hall–Kier alpha value is -3.21. The number of hydrogen-bond acceptors (Lipinski definition) is 4.